The summed E-state index contributed by atoms with van der Waals surface area (Å²) < 4.78 is 36.7. The third-order valence-corrected chi connectivity index (χ3v) is 6.26. The smallest absolute Gasteiger partial charge is 0.339 e. The van der Waals surface area contributed by atoms with Gasteiger partial charge >= 0.3 is 10.1 Å². The fraction of sp³-hybridized carbons (Fsp3) is 0.0476. The second-order valence-electron chi connectivity index (χ2n) is 6.40. The molecule has 9 heteroatoms. The SMILES string of the molecule is N#CC1=C(N)Oc2cc(OS(=O)(=O)c3cccc(Br)c3)ccc2C1c1ccncc1. The summed E-state index contributed by atoms with van der Waals surface area (Å²) in [6.45, 7) is 0. The molecule has 1 aliphatic rings. The Morgan fingerprint density at radius 2 is 1.90 bits per heavy atom. The molecular weight excluding hydrogens is 470 g/mol. The van der Waals surface area contributed by atoms with E-state index in [1.807, 2.05) is 0 Å². The number of hydrogen-bond donors (Lipinski definition) is 1. The Morgan fingerprint density at radius 3 is 2.60 bits per heavy atom. The zero-order valence-electron chi connectivity index (χ0n) is 15.3. The number of benzene rings is 2. The fourth-order valence-corrected chi connectivity index (χ4v) is 4.70. The topological polar surface area (TPSA) is 115 Å². The molecule has 1 aromatic heterocycles. The summed E-state index contributed by atoms with van der Waals surface area (Å²) >= 11 is 3.25. The third-order valence-electron chi connectivity index (χ3n) is 4.52. The van der Waals surface area contributed by atoms with E-state index < -0.39 is 16.0 Å². The van der Waals surface area contributed by atoms with Crippen LogP contribution in [0.15, 0.2) is 87.8 Å². The molecule has 7 nitrogen and oxygen atoms in total. The summed E-state index contributed by atoms with van der Waals surface area (Å²) in [5, 5.41) is 9.58. The summed E-state index contributed by atoms with van der Waals surface area (Å²) in [5.41, 5.74) is 7.72. The lowest BCUT2D eigenvalue weighted by Crippen LogP contribution is -2.21. The van der Waals surface area contributed by atoms with Crippen molar-refractivity contribution in [3.63, 3.8) is 0 Å². The molecule has 0 saturated carbocycles. The molecule has 0 fully saturated rings. The van der Waals surface area contributed by atoms with E-state index in [-0.39, 0.29) is 22.1 Å². The van der Waals surface area contributed by atoms with E-state index in [0.717, 1.165) is 5.56 Å². The Bertz CT molecular complexity index is 1300. The molecular formula is C21H14BrN3O4S. The molecule has 1 unspecified atom stereocenters. The number of nitriles is 1. The van der Waals surface area contributed by atoms with Crippen molar-refractivity contribution in [1.82, 2.24) is 4.98 Å². The van der Waals surface area contributed by atoms with Gasteiger partial charge in [-0.1, -0.05) is 28.1 Å². The van der Waals surface area contributed by atoms with Crippen molar-refractivity contribution in [2.45, 2.75) is 10.8 Å². The molecule has 0 aliphatic carbocycles. The highest BCUT2D eigenvalue weighted by atomic mass is 79.9. The number of aromatic nitrogens is 1. The average molecular weight is 484 g/mol. The van der Waals surface area contributed by atoms with Gasteiger partial charge in [-0.25, -0.2) is 0 Å². The van der Waals surface area contributed by atoms with Crippen LogP contribution in [0.5, 0.6) is 11.5 Å². The van der Waals surface area contributed by atoms with Gasteiger partial charge in [-0.2, -0.15) is 13.7 Å². The Hall–Kier alpha value is -3.35. The summed E-state index contributed by atoms with van der Waals surface area (Å²) in [4.78, 5) is 4.01. The monoisotopic (exact) mass is 483 g/mol. The van der Waals surface area contributed by atoms with Crippen molar-refractivity contribution in [3.8, 4) is 17.6 Å². The summed E-state index contributed by atoms with van der Waals surface area (Å²) in [6.07, 6.45) is 3.25. The normalized spacial score (nSPS) is 15.7. The van der Waals surface area contributed by atoms with Gasteiger partial charge < -0.3 is 14.7 Å². The number of nitrogens with zero attached hydrogens (tertiary/aromatic N) is 2. The van der Waals surface area contributed by atoms with Crippen molar-refractivity contribution in [3.05, 3.63) is 94.0 Å². The molecule has 2 heterocycles. The second-order valence-corrected chi connectivity index (χ2v) is 8.86. The first kappa shape index (κ1) is 19.9. The molecule has 0 saturated heterocycles. The van der Waals surface area contributed by atoms with Gasteiger partial charge in [0.1, 0.15) is 28.0 Å². The van der Waals surface area contributed by atoms with Crippen LogP contribution in [0.4, 0.5) is 0 Å². The molecule has 1 aliphatic heterocycles. The number of hydrogen-bond acceptors (Lipinski definition) is 7. The van der Waals surface area contributed by atoms with Crippen LogP contribution in [0.25, 0.3) is 0 Å². The largest absolute Gasteiger partial charge is 0.440 e. The predicted octanol–water partition coefficient (Wildman–Crippen LogP) is 3.83. The zero-order valence-corrected chi connectivity index (χ0v) is 17.7. The van der Waals surface area contributed by atoms with E-state index in [9.17, 15) is 13.7 Å². The van der Waals surface area contributed by atoms with Gasteiger partial charge in [0.05, 0.1) is 5.92 Å². The number of rotatable bonds is 4. The highest BCUT2D eigenvalue weighted by Gasteiger charge is 2.31. The molecule has 0 spiro atoms. The third kappa shape index (κ3) is 3.75. The fourth-order valence-electron chi connectivity index (χ4n) is 3.18. The highest BCUT2D eigenvalue weighted by molar-refractivity contribution is 9.10. The number of ether oxygens (including phenoxy) is 1. The van der Waals surface area contributed by atoms with Crippen molar-refractivity contribution in [2.24, 2.45) is 5.73 Å². The average Bonchev–Trinajstić information content (AvgIpc) is 2.73. The van der Waals surface area contributed by atoms with Crippen LogP contribution in [0.3, 0.4) is 0 Å². The van der Waals surface area contributed by atoms with Crippen molar-refractivity contribution in [2.75, 3.05) is 0 Å². The van der Waals surface area contributed by atoms with E-state index in [1.54, 1.807) is 42.7 Å². The van der Waals surface area contributed by atoms with Gasteiger partial charge in [0.15, 0.2) is 0 Å². The number of nitrogens with two attached hydrogens (primary N) is 1. The molecule has 1 atom stereocenters. The Kier molecular flexibility index (Phi) is 5.20. The van der Waals surface area contributed by atoms with Gasteiger partial charge in [0.25, 0.3) is 0 Å². The maximum atomic E-state index is 12.6. The standard InChI is InChI=1S/C21H14BrN3O4S/c22-14-2-1-3-16(10-14)30(26,27)29-15-4-5-17-19(11-15)28-21(24)18(12-23)20(17)13-6-8-25-9-7-13/h1-11,20H,24H2. The van der Waals surface area contributed by atoms with Gasteiger partial charge in [0.2, 0.25) is 5.88 Å². The minimum atomic E-state index is -4.05. The molecule has 4 rings (SSSR count). The lowest BCUT2D eigenvalue weighted by Gasteiger charge is -2.26. The van der Waals surface area contributed by atoms with Crippen molar-refractivity contribution >= 4 is 26.0 Å². The Morgan fingerprint density at radius 1 is 1.13 bits per heavy atom. The molecule has 3 aromatic rings. The quantitative estimate of drug-likeness (QED) is 0.560. The van der Waals surface area contributed by atoms with Crippen LogP contribution in [0.2, 0.25) is 0 Å². The Balaban J connectivity index is 1.73. The lowest BCUT2D eigenvalue weighted by atomic mass is 9.84. The lowest BCUT2D eigenvalue weighted by molar-refractivity contribution is 0.391. The van der Waals surface area contributed by atoms with E-state index >= 15 is 0 Å². The van der Waals surface area contributed by atoms with Crippen LogP contribution >= 0.6 is 15.9 Å². The maximum Gasteiger partial charge on any atom is 0.339 e. The molecule has 2 aromatic carbocycles. The second kappa shape index (κ2) is 7.82. The van der Waals surface area contributed by atoms with E-state index in [0.29, 0.717) is 15.8 Å². The van der Waals surface area contributed by atoms with Crippen LogP contribution in [0.1, 0.15) is 17.0 Å². The first-order valence-electron chi connectivity index (χ1n) is 8.70. The first-order chi connectivity index (χ1) is 14.4. The molecule has 0 bridgehead atoms. The Labute approximate surface area is 181 Å². The van der Waals surface area contributed by atoms with Gasteiger partial charge in [0, 0.05) is 28.5 Å². The number of halogens is 1. The zero-order chi connectivity index (χ0) is 21.3. The van der Waals surface area contributed by atoms with E-state index in [1.165, 1.54) is 24.3 Å². The molecule has 0 amide bonds. The van der Waals surface area contributed by atoms with Crippen molar-refractivity contribution < 1.29 is 17.3 Å². The van der Waals surface area contributed by atoms with Crippen molar-refractivity contribution in [1.29, 1.82) is 5.26 Å². The molecule has 150 valence electrons. The summed E-state index contributed by atoms with van der Waals surface area (Å²) in [6, 6.07) is 16.5. The number of pyridine rings is 1. The van der Waals surface area contributed by atoms with Gasteiger partial charge in [-0.15, -0.1) is 0 Å². The minimum absolute atomic E-state index is 0.0105. The van der Waals surface area contributed by atoms with Gasteiger partial charge in [-0.05, 0) is 42.0 Å². The van der Waals surface area contributed by atoms with Crippen LogP contribution in [-0.2, 0) is 10.1 Å². The summed E-state index contributed by atoms with van der Waals surface area (Å²) in [5.74, 6) is -0.123. The summed E-state index contributed by atoms with van der Waals surface area (Å²) in [7, 11) is -4.05. The molecule has 2 N–H and O–H groups in total. The number of fused-ring (bicyclic) bond motifs is 1. The van der Waals surface area contributed by atoms with E-state index in [2.05, 4.69) is 27.0 Å². The predicted molar refractivity (Wildman–Crippen MR) is 112 cm³/mol. The highest BCUT2D eigenvalue weighted by Crippen LogP contribution is 2.43. The van der Waals surface area contributed by atoms with Gasteiger partial charge in [-0.3, -0.25) is 4.98 Å². The van der Waals surface area contributed by atoms with Crippen LogP contribution in [-0.4, -0.2) is 13.4 Å². The molecule has 30 heavy (non-hydrogen) atoms. The first-order valence-corrected chi connectivity index (χ1v) is 10.9. The van der Waals surface area contributed by atoms with Crippen LogP contribution in [0, 0.1) is 11.3 Å². The van der Waals surface area contributed by atoms with E-state index in [4.69, 9.17) is 14.7 Å². The van der Waals surface area contributed by atoms with Crippen LogP contribution < -0.4 is 14.7 Å². The minimum Gasteiger partial charge on any atom is -0.440 e. The molecule has 0 radical (unpaired) electrons. The maximum absolute atomic E-state index is 12.6. The number of allylic oxidation sites excluding steroid dienone is 1.